The lowest BCUT2D eigenvalue weighted by molar-refractivity contribution is -0.122. The number of hydrogen-bond acceptors (Lipinski definition) is 6. The summed E-state index contributed by atoms with van der Waals surface area (Å²) in [6, 6.07) is 0.195. The molecule has 0 saturated heterocycles. The molecule has 0 aromatic heterocycles. The largest absolute Gasteiger partial charge is 0.355 e. The van der Waals surface area contributed by atoms with E-state index < -0.39 is 0 Å². The van der Waals surface area contributed by atoms with Crippen molar-refractivity contribution in [3.63, 3.8) is 0 Å². The number of carbonyl (C=O) groups excluding carboxylic acids is 1. The number of amides is 1. The molecule has 2 rings (SSSR count). The van der Waals surface area contributed by atoms with Crippen LogP contribution in [0.4, 0.5) is 0 Å². The summed E-state index contributed by atoms with van der Waals surface area (Å²) in [6.45, 7) is 13.8. The molecule has 7 heteroatoms. The molecule has 8 N–H and O–H groups in total. The van der Waals surface area contributed by atoms with Crippen molar-refractivity contribution in [3.8, 4) is 0 Å². The number of nitrogens with two attached hydrogens (primary N) is 2. The van der Waals surface area contributed by atoms with E-state index in [0.717, 1.165) is 101 Å². The quantitative estimate of drug-likeness (QED) is 0.141. The smallest absolute Gasteiger partial charge is 0.236 e. The minimum absolute atomic E-state index is 0.00289. The highest BCUT2D eigenvalue weighted by Crippen LogP contribution is 2.48. The Morgan fingerprint density at radius 3 is 2.22 bits per heavy atom. The lowest BCUT2D eigenvalue weighted by Gasteiger charge is -2.48. The molecule has 2 bridgehead atoms. The average molecular weight is 509 g/mol. The number of unbranched alkanes of at least 4 members (excludes halogenated alkanes) is 2. The van der Waals surface area contributed by atoms with Crippen molar-refractivity contribution in [1.82, 2.24) is 21.3 Å². The van der Waals surface area contributed by atoms with Crippen LogP contribution in [0.1, 0.15) is 91.4 Å². The van der Waals surface area contributed by atoms with Crippen LogP contribution in [0.2, 0.25) is 0 Å². The molecule has 0 radical (unpaired) electrons. The van der Waals surface area contributed by atoms with Crippen molar-refractivity contribution in [2.75, 3.05) is 45.8 Å². The summed E-state index contributed by atoms with van der Waals surface area (Å²) in [4.78, 5) is 12.3. The molecule has 7 nitrogen and oxygen atoms in total. The Labute approximate surface area is 222 Å². The molecule has 2 aliphatic rings. The minimum atomic E-state index is -0.388. The summed E-state index contributed by atoms with van der Waals surface area (Å²) in [5.74, 6) is 4.44. The number of nitrogens with one attached hydrogen (secondary N) is 4. The summed E-state index contributed by atoms with van der Waals surface area (Å²) in [6.07, 6.45) is 12.9. The second kappa shape index (κ2) is 18.5. The summed E-state index contributed by atoms with van der Waals surface area (Å²) < 4.78 is 0. The van der Waals surface area contributed by atoms with E-state index in [-0.39, 0.29) is 11.9 Å². The van der Waals surface area contributed by atoms with Gasteiger partial charge in [-0.2, -0.15) is 0 Å². The second-order valence-corrected chi connectivity index (χ2v) is 12.1. The monoisotopic (exact) mass is 508 g/mol. The van der Waals surface area contributed by atoms with Crippen molar-refractivity contribution in [2.45, 2.75) is 103 Å². The summed E-state index contributed by atoms with van der Waals surface area (Å²) in [5.41, 5.74) is 11.6. The lowest BCUT2D eigenvalue weighted by atomic mass is 9.58. The van der Waals surface area contributed by atoms with Crippen LogP contribution in [0.3, 0.4) is 0 Å². The van der Waals surface area contributed by atoms with Crippen molar-refractivity contribution in [3.05, 3.63) is 0 Å². The van der Waals surface area contributed by atoms with Crippen LogP contribution in [0.5, 0.6) is 0 Å². The maximum atomic E-state index is 12.3. The Bertz CT molecular complexity index is 572. The maximum absolute atomic E-state index is 12.3. The molecule has 7 unspecified atom stereocenters. The fourth-order valence-electron chi connectivity index (χ4n) is 6.98. The van der Waals surface area contributed by atoms with Gasteiger partial charge in [-0.3, -0.25) is 4.79 Å². The van der Waals surface area contributed by atoms with E-state index in [1.54, 1.807) is 0 Å². The van der Waals surface area contributed by atoms with Gasteiger partial charge in [-0.05, 0) is 140 Å². The van der Waals surface area contributed by atoms with Crippen LogP contribution in [0.15, 0.2) is 0 Å². The van der Waals surface area contributed by atoms with Gasteiger partial charge in [0.15, 0.2) is 0 Å². The second-order valence-electron chi connectivity index (χ2n) is 12.1. The number of fused-ring (bicyclic) bond motifs is 2. The predicted molar refractivity (Wildman–Crippen MR) is 153 cm³/mol. The van der Waals surface area contributed by atoms with Gasteiger partial charge in [0.2, 0.25) is 5.91 Å². The van der Waals surface area contributed by atoms with Crippen molar-refractivity contribution >= 4 is 5.91 Å². The Balaban J connectivity index is 1.43. The summed E-state index contributed by atoms with van der Waals surface area (Å²) >= 11 is 0. The Hall–Kier alpha value is -0.730. The zero-order valence-electron chi connectivity index (χ0n) is 23.8. The highest BCUT2D eigenvalue weighted by Gasteiger charge is 2.41. The van der Waals surface area contributed by atoms with Crippen molar-refractivity contribution in [1.29, 1.82) is 0 Å². The van der Waals surface area contributed by atoms with E-state index in [1.807, 2.05) is 0 Å². The van der Waals surface area contributed by atoms with Gasteiger partial charge in [-0.1, -0.05) is 20.3 Å². The first-order valence-corrected chi connectivity index (χ1v) is 15.3. The first-order chi connectivity index (χ1) is 17.4. The van der Waals surface area contributed by atoms with Gasteiger partial charge in [0.1, 0.15) is 0 Å². The van der Waals surface area contributed by atoms with Crippen LogP contribution in [-0.2, 0) is 4.79 Å². The van der Waals surface area contributed by atoms with E-state index in [2.05, 4.69) is 42.0 Å². The molecule has 0 aliphatic heterocycles. The molecule has 1 amide bonds. The Morgan fingerprint density at radius 2 is 1.50 bits per heavy atom. The molecular formula is C29H60N6O. The molecule has 36 heavy (non-hydrogen) atoms. The number of hydrogen-bond donors (Lipinski definition) is 6. The number of carbonyl (C=O) groups is 1. The maximum Gasteiger partial charge on any atom is 0.236 e. The van der Waals surface area contributed by atoms with Crippen LogP contribution in [0.25, 0.3) is 0 Å². The first-order valence-electron chi connectivity index (χ1n) is 15.3. The summed E-state index contributed by atoms with van der Waals surface area (Å²) in [7, 11) is 0. The minimum Gasteiger partial charge on any atom is -0.355 e. The standard InChI is InChI=1S/C29H60N6O/c1-22-18-25-20-23(2)28(26(19-22)21-25)24(3)34-16-5-4-10-27(31)29(36)35-17-9-15-33-13-7-6-12-32-14-8-11-30/h22-28,32-34H,4-21,30-31H2,1-3H3,(H,35,36). The van der Waals surface area contributed by atoms with Gasteiger partial charge in [-0.15, -0.1) is 0 Å². The highest BCUT2D eigenvalue weighted by atomic mass is 16.2. The third-order valence-corrected chi connectivity index (χ3v) is 8.65. The van der Waals surface area contributed by atoms with Crippen LogP contribution in [0, 0.1) is 29.6 Å². The normalized spacial score (nSPS) is 27.5. The molecule has 0 aromatic carbocycles. The van der Waals surface area contributed by atoms with Gasteiger partial charge in [0.25, 0.3) is 0 Å². The Kier molecular flexibility index (Phi) is 16.2. The highest BCUT2D eigenvalue weighted by molar-refractivity contribution is 5.81. The third-order valence-electron chi connectivity index (χ3n) is 8.65. The van der Waals surface area contributed by atoms with E-state index in [1.165, 1.54) is 38.5 Å². The fourth-order valence-corrected chi connectivity index (χ4v) is 6.98. The van der Waals surface area contributed by atoms with Crippen LogP contribution in [-0.4, -0.2) is 63.8 Å². The van der Waals surface area contributed by atoms with Gasteiger partial charge >= 0.3 is 0 Å². The molecule has 0 aromatic rings. The molecular weight excluding hydrogens is 448 g/mol. The Morgan fingerprint density at radius 1 is 0.833 bits per heavy atom. The van der Waals surface area contributed by atoms with E-state index in [9.17, 15) is 4.79 Å². The van der Waals surface area contributed by atoms with Gasteiger partial charge in [0.05, 0.1) is 6.04 Å². The molecule has 0 heterocycles. The zero-order valence-corrected chi connectivity index (χ0v) is 23.8. The molecule has 212 valence electrons. The average Bonchev–Trinajstić information content (AvgIpc) is 2.83. The number of rotatable bonds is 20. The lowest BCUT2D eigenvalue weighted by Crippen LogP contribution is -2.47. The first kappa shape index (κ1) is 31.5. The molecule has 2 saturated carbocycles. The van der Waals surface area contributed by atoms with Crippen LogP contribution < -0.4 is 32.7 Å². The van der Waals surface area contributed by atoms with Crippen molar-refractivity contribution < 1.29 is 4.79 Å². The topological polar surface area (TPSA) is 117 Å². The summed E-state index contributed by atoms with van der Waals surface area (Å²) in [5, 5.41) is 13.7. The van der Waals surface area contributed by atoms with E-state index in [0.29, 0.717) is 12.6 Å². The van der Waals surface area contributed by atoms with Gasteiger partial charge in [-0.25, -0.2) is 0 Å². The van der Waals surface area contributed by atoms with E-state index in [4.69, 9.17) is 11.5 Å². The van der Waals surface area contributed by atoms with Crippen molar-refractivity contribution in [2.24, 2.45) is 41.1 Å². The molecule has 2 fully saturated rings. The van der Waals surface area contributed by atoms with Gasteiger partial charge < -0.3 is 32.7 Å². The molecule has 0 spiro atoms. The van der Waals surface area contributed by atoms with Gasteiger partial charge in [0, 0.05) is 12.6 Å². The SMILES string of the molecule is CC1CC2CC(C)C(C(C)NCCCCC(N)C(=O)NCCCNCCCCNCCCN)C(C1)C2. The third kappa shape index (κ3) is 12.2. The zero-order chi connectivity index (χ0) is 26.2. The molecule has 7 atom stereocenters. The van der Waals surface area contributed by atoms with Crippen LogP contribution >= 0.6 is 0 Å². The van der Waals surface area contributed by atoms with E-state index >= 15 is 0 Å². The fraction of sp³-hybridized carbons (Fsp3) is 0.966. The molecule has 2 aliphatic carbocycles. The predicted octanol–water partition coefficient (Wildman–Crippen LogP) is 2.99.